The first-order valence-electron chi connectivity index (χ1n) is 8.08. The van der Waals surface area contributed by atoms with Crippen molar-refractivity contribution in [3.8, 4) is 11.5 Å². The summed E-state index contributed by atoms with van der Waals surface area (Å²) in [6.07, 6.45) is 1.13. The van der Waals surface area contributed by atoms with Crippen LogP contribution in [0.5, 0.6) is 11.5 Å². The molecular weight excluding hydrogens is 310 g/mol. The molecule has 0 aliphatic rings. The number of hydrogen-bond donors (Lipinski definition) is 2. The number of thiazole rings is 1. The third-order valence-electron chi connectivity index (χ3n) is 3.08. The van der Waals surface area contributed by atoms with Gasteiger partial charge in [0.05, 0.1) is 18.9 Å². The minimum Gasteiger partial charge on any atom is -0.490 e. The summed E-state index contributed by atoms with van der Waals surface area (Å²) in [5.41, 5.74) is 2.00. The van der Waals surface area contributed by atoms with Crippen molar-refractivity contribution in [2.75, 3.05) is 25.1 Å². The lowest BCUT2D eigenvalue weighted by Gasteiger charge is -2.12. The maximum atomic E-state index is 5.65. The van der Waals surface area contributed by atoms with Crippen LogP contribution in [0.4, 0.5) is 10.8 Å². The Morgan fingerprint density at radius 2 is 1.87 bits per heavy atom. The molecule has 6 heteroatoms. The van der Waals surface area contributed by atoms with Crippen molar-refractivity contribution in [3.05, 3.63) is 29.3 Å². The first kappa shape index (κ1) is 17.6. The van der Waals surface area contributed by atoms with Gasteiger partial charge in [-0.25, -0.2) is 4.98 Å². The van der Waals surface area contributed by atoms with Crippen LogP contribution in [0.25, 0.3) is 0 Å². The Bertz CT molecular complexity index is 601. The Kier molecular flexibility index (Phi) is 7.16. The molecule has 23 heavy (non-hydrogen) atoms. The molecule has 1 aromatic heterocycles. The van der Waals surface area contributed by atoms with E-state index in [1.165, 1.54) is 0 Å². The van der Waals surface area contributed by atoms with Gasteiger partial charge >= 0.3 is 0 Å². The first-order chi connectivity index (χ1) is 11.3. The van der Waals surface area contributed by atoms with Crippen molar-refractivity contribution >= 4 is 22.2 Å². The van der Waals surface area contributed by atoms with Gasteiger partial charge < -0.3 is 20.1 Å². The maximum absolute atomic E-state index is 5.65. The topological polar surface area (TPSA) is 55.4 Å². The van der Waals surface area contributed by atoms with E-state index < -0.39 is 0 Å². The van der Waals surface area contributed by atoms with Crippen LogP contribution < -0.4 is 20.1 Å². The zero-order chi connectivity index (χ0) is 16.5. The van der Waals surface area contributed by atoms with Gasteiger partial charge in [-0.3, -0.25) is 0 Å². The largest absolute Gasteiger partial charge is 0.490 e. The number of ether oxygens (including phenoxy) is 2. The molecule has 126 valence electrons. The lowest BCUT2D eigenvalue weighted by molar-refractivity contribution is 0.288. The highest BCUT2D eigenvalue weighted by molar-refractivity contribution is 7.13. The molecule has 0 spiro atoms. The third-order valence-corrected chi connectivity index (χ3v) is 3.89. The SMILES string of the molecule is CCCNCc1csc(Nc2ccc(OCC)c(OCC)c2)n1. The van der Waals surface area contributed by atoms with Crippen molar-refractivity contribution in [2.24, 2.45) is 0 Å². The van der Waals surface area contributed by atoms with Crippen LogP contribution in [0.2, 0.25) is 0 Å². The highest BCUT2D eigenvalue weighted by atomic mass is 32.1. The van der Waals surface area contributed by atoms with E-state index in [1.54, 1.807) is 11.3 Å². The van der Waals surface area contributed by atoms with Crippen molar-refractivity contribution in [3.63, 3.8) is 0 Å². The normalized spacial score (nSPS) is 10.6. The summed E-state index contributed by atoms with van der Waals surface area (Å²) in [4.78, 5) is 4.58. The van der Waals surface area contributed by atoms with Gasteiger partial charge in [0.1, 0.15) is 0 Å². The number of aromatic nitrogens is 1. The molecule has 0 saturated carbocycles. The molecule has 0 unspecified atom stereocenters. The number of rotatable bonds is 10. The van der Waals surface area contributed by atoms with Gasteiger partial charge in [0.25, 0.3) is 0 Å². The highest BCUT2D eigenvalue weighted by Gasteiger charge is 2.08. The highest BCUT2D eigenvalue weighted by Crippen LogP contribution is 2.32. The van der Waals surface area contributed by atoms with E-state index >= 15 is 0 Å². The molecule has 0 aliphatic carbocycles. The van der Waals surface area contributed by atoms with Gasteiger partial charge in [0.2, 0.25) is 0 Å². The summed E-state index contributed by atoms with van der Waals surface area (Å²) in [5.74, 6) is 1.52. The fourth-order valence-corrected chi connectivity index (χ4v) is 2.82. The average molecular weight is 335 g/mol. The van der Waals surface area contributed by atoms with E-state index in [-0.39, 0.29) is 0 Å². The number of nitrogens with zero attached hydrogens (tertiary/aromatic N) is 1. The van der Waals surface area contributed by atoms with Crippen LogP contribution in [0.1, 0.15) is 32.9 Å². The molecule has 1 aromatic carbocycles. The van der Waals surface area contributed by atoms with Crippen LogP contribution in [-0.2, 0) is 6.54 Å². The number of anilines is 2. The van der Waals surface area contributed by atoms with Crippen LogP contribution in [0.15, 0.2) is 23.6 Å². The first-order valence-corrected chi connectivity index (χ1v) is 8.96. The minimum absolute atomic E-state index is 0.605. The Morgan fingerprint density at radius 3 is 2.61 bits per heavy atom. The Hall–Kier alpha value is -1.79. The van der Waals surface area contributed by atoms with Gasteiger partial charge in [0, 0.05) is 23.7 Å². The quantitative estimate of drug-likeness (QED) is 0.638. The second-order valence-electron chi connectivity index (χ2n) is 4.97. The molecule has 0 bridgehead atoms. The van der Waals surface area contributed by atoms with Crippen LogP contribution in [-0.4, -0.2) is 24.7 Å². The van der Waals surface area contributed by atoms with Crippen LogP contribution in [0.3, 0.4) is 0 Å². The summed E-state index contributed by atoms with van der Waals surface area (Å²) < 4.78 is 11.2. The van der Waals surface area contributed by atoms with Crippen molar-refractivity contribution in [2.45, 2.75) is 33.7 Å². The Balaban J connectivity index is 2.03. The average Bonchev–Trinajstić information content (AvgIpc) is 2.98. The summed E-state index contributed by atoms with van der Waals surface area (Å²) in [7, 11) is 0. The van der Waals surface area contributed by atoms with Crippen molar-refractivity contribution < 1.29 is 9.47 Å². The second-order valence-corrected chi connectivity index (χ2v) is 5.83. The molecule has 1 heterocycles. The van der Waals surface area contributed by atoms with E-state index in [0.29, 0.717) is 13.2 Å². The minimum atomic E-state index is 0.605. The molecule has 2 N–H and O–H groups in total. The molecule has 0 atom stereocenters. The molecule has 0 amide bonds. The van der Waals surface area contributed by atoms with Crippen molar-refractivity contribution in [1.29, 1.82) is 0 Å². The molecular formula is C17H25N3O2S. The molecule has 2 aromatic rings. The standard InChI is InChI=1S/C17H25N3O2S/c1-4-9-18-11-14-12-23-17(20-14)19-13-7-8-15(21-5-2)16(10-13)22-6-3/h7-8,10,12,18H,4-6,9,11H2,1-3H3,(H,19,20). The zero-order valence-electron chi connectivity index (χ0n) is 14.0. The molecule has 0 saturated heterocycles. The summed E-state index contributed by atoms with van der Waals surface area (Å²) in [5, 5.41) is 9.63. The van der Waals surface area contributed by atoms with Gasteiger partial charge in [-0.05, 0) is 38.9 Å². The zero-order valence-corrected chi connectivity index (χ0v) is 14.8. The number of nitrogens with one attached hydrogen (secondary N) is 2. The molecule has 0 aliphatic heterocycles. The predicted octanol–water partition coefficient (Wildman–Crippen LogP) is 4.18. The molecule has 0 radical (unpaired) electrons. The lowest BCUT2D eigenvalue weighted by atomic mass is 10.2. The number of hydrogen-bond acceptors (Lipinski definition) is 6. The predicted molar refractivity (Wildman–Crippen MR) is 96.2 cm³/mol. The Morgan fingerprint density at radius 1 is 1.09 bits per heavy atom. The van der Waals surface area contributed by atoms with Gasteiger partial charge in [-0.15, -0.1) is 11.3 Å². The third kappa shape index (κ3) is 5.41. The maximum Gasteiger partial charge on any atom is 0.187 e. The van der Waals surface area contributed by atoms with Gasteiger partial charge in [-0.2, -0.15) is 0 Å². The van der Waals surface area contributed by atoms with Gasteiger partial charge in [0.15, 0.2) is 16.6 Å². The van der Waals surface area contributed by atoms with Crippen LogP contribution in [0, 0.1) is 0 Å². The summed E-state index contributed by atoms with van der Waals surface area (Å²) >= 11 is 1.60. The summed E-state index contributed by atoms with van der Waals surface area (Å²) in [6, 6.07) is 5.85. The second kappa shape index (κ2) is 9.37. The monoisotopic (exact) mass is 335 g/mol. The lowest BCUT2D eigenvalue weighted by Crippen LogP contribution is -2.13. The van der Waals surface area contributed by atoms with E-state index in [0.717, 1.165) is 47.5 Å². The smallest absolute Gasteiger partial charge is 0.187 e. The van der Waals surface area contributed by atoms with Gasteiger partial charge in [-0.1, -0.05) is 6.92 Å². The van der Waals surface area contributed by atoms with E-state index in [1.807, 2.05) is 32.0 Å². The van der Waals surface area contributed by atoms with E-state index in [4.69, 9.17) is 9.47 Å². The molecule has 2 rings (SSSR count). The summed E-state index contributed by atoms with van der Waals surface area (Å²) in [6.45, 7) is 9.12. The fourth-order valence-electron chi connectivity index (χ4n) is 2.09. The fraction of sp³-hybridized carbons (Fsp3) is 0.471. The number of benzene rings is 1. The Labute approximate surface area is 142 Å². The molecule has 5 nitrogen and oxygen atoms in total. The van der Waals surface area contributed by atoms with Crippen molar-refractivity contribution in [1.82, 2.24) is 10.3 Å². The van der Waals surface area contributed by atoms with E-state index in [2.05, 4.69) is 27.9 Å². The van der Waals surface area contributed by atoms with E-state index in [9.17, 15) is 0 Å². The molecule has 0 fully saturated rings. The van der Waals surface area contributed by atoms with Crippen LogP contribution >= 0.6 is 11.3 Å².